The number of rotatable bonds is 4. The molecule has 0 bridgehead atoms. The Balaban J connectivity index is 2.44. The molecule has 1 saturated carbocycles. The van der Waals surface area contributed by atoms with Crippen LogP contribution in [0.2, 0.25) is 0 Å². The molecule has 4 nitrogen and oxygen atoms in total. The largest absolute Gasteiger partial charge is 0.481 e. The van der Waals surface area contributed by atoms with Crippen molar-refractivity contribution < 1.29 is 19.7 Å². The number of aliphatic hydroxyl groups excluding tert-OH is 1. The van der Waals surface area contributed by atoms with Crippen LogP contribution in [-0.4, -0.2) is 29.1 Å². The Morgan fingerprint density at radius 1 is 1.62 bits per heavy atom. The Morgan fingerprint density at radius 3 is 2.62 bits per heavy atom. The summed E-state index contributed by atoms with van der Waals surface area (Å²) in [5.41, 5.74) is -0.124. The van der Waals surface area contributed by atoms with Crippen LogP contribution in [0.4, 0.5) is 0 Å². The number of carboxylic acid groups (broad SMARTS) is 1. The average Bonchev–Trinajstić information content (AvgIpc) is 2.02. The quantitative estimate of drug-likeness (QED) is 0.641. The lowest BCUT2D eigenvalue weighted by Crippen LogP contribution is -2.51. The molecule has 4 heteroatoms. The maximum Gasteiger partial charge on any atom is 0.303 e. The van der Waals surface area contributed by atoms with E-state index in [2.05, 4.69) is 0 Å². The van der Waals surface area contributed by atoms with Gasteiger partial charge >= 0.3 is 5.97 Å². The van der Waals surface area contributed by atoms with Crippen LogP contribution in [0, 0.1) is 11.3 Å². The van der Waals surface area contributed by atoms with Crippen LogP contribution in [0.1, 0.15) is 26.7 Å². The number of carbonyl (C=O) groups is 1. The standard InChI is InChI=1S/C9H16O4/c1-9(2)6(4-8(11)12)3-7(9)13-5-10/h6-7,10H,3-5H2,1-2H3,(H,11,12). The molecule has 0 saturated heterocycles. The Morgan fingerprint density at radius 2 is 2.23 bits per heavy atom. The van der Waals surface area contributed by atoms with E-state index in [-0.39, 0.29) is 30.7 Å². The highest BCUT2D eigenvalue weighted by Crippen LogP contribution is 2.49. The van der Waals surface area contributed by atoms with E-state index in [1.54, 1.807) is 0 Å². The molecule has 0 aliphatic heterocycles. The normalized spacial score (nSPS) is 31.0. The Labute approximate surface area is 77.5 Å². The van der Waals surface area contributed by atoms with E-state index in [1.165, 1.54) is 0 Å². The smallest absolute Gasteiger partial charge is 0.303 e. The molecular weight excluding hydrogens is 172 g/mol. The monoisotopic (exact) mass is 188 g/mol. The molecule has 2 unspecified atom stereocenters. The molecule has 76 valence electrons. The van der Waals surface area contributed by atoms with Gasteiger partial charge in [0.25, 0.3) is 0 Å². The predicted molar refractivity (Wildman–Crippen MR) is 46.1 cm³/mol. The number of carboxylic acids is 1. The second-order valence-electron chi connectivity index (χ2n) is 4.14. The molecule has 0 spiro atoms. The number of ether oxygens (including phenoxy) is 1. The van der Waals surface area contributed by atoms with Gasteiger partial charge in [-0.15, -0.1) is 0 Å². The molecule has 2 atom stereocenters. The highest BCUT2D eigenvalue weighted by atomic mass is 16.6. The van der Waals surface area contributed by atoms with E-state index in [0.29, 0.717) is 0 Å². The van der Waals surface area contributed by atoms with Crippen molar-refractivity contribution in [1.82, 2.24) is 0 Å². The van der Waals surface area contributed by atoms with Crippen molar-refractivity contribution in [2.24, 2.45) is 11.3 Å². The molecule has 0 heterocycles. The van der Waals surface area contributed by atoms with Gasteiger partial charge in [0.05, 0.1) is 6.10 Å². The van der Waals surface area contributed by atoms with Gasteiger partial charge in [-0.3, -0.25) is 4.79 Å². The van der Waals surface area contributed by atoms with Gasteiger partial charge < -0.3 is 14.9 Å². The van der Waals surface area contributed by atoms with Gasteiger partial charge in [-0.05, 0) is 17.8 Å². The second-order valence-corrected chi connectivity index (χ2v) is 4.14. The Hall–Kier alpha value is -0.610. The fourth-order valence-electron chi connectivity index (χ4n) is 1.90. The minimum atomic E-state index is -0.763. The van der Waals surface area contributed by atoms with Crippen molar-refractivity contribution in [2.75, 3.05) is 6.79 Å². The van der Waals surface area contributed by atoms with Crippen molar-refractivity contribution in [3.05, 3.63) is 0 Å². The molecule has 0 aromatic heterocycles. The molecular formula is C9H16O4. The minimum Gasteiger partial charge on any atom is -0.481 e. The van der Waals surface area contributed by atoms with E-state index in [4.69, 9.17) is 14.9 Å². The van der Waals surface area contributed by atoms with Crippen molar-refractivity contribution >= 4 is 5.97 Å². The van der Waals surface area contributed by atoms with Gasteiger partial charge in [0.2, 0.25) is 0 Å². The summed E-state index contributed by atoms with van der Waals surface area (Å²) in [4.78, 5) is 10.5. The first kappa shape index (κ1) is 10.5. The second kappa shape index (κ2) is 3.64. The average molecular weight is 188 g/mol. The van der Waals surface area contributed by atoms with E-state index in [9.17, 15) is 4.79 Å². The maximum atomic E-state index is 10.5. The molecule has 0 aromatic rings. The van der Waals surface area contributed by atoms with E-state index in [0.717, 1.165) is 6.42 Å². The summed E-state index contributed by atoms with van der Waals surface area (Å²) in [6.45, 7) is 3.67. The lowest BCUT2D eigenvalue weighted by Gasteiger charge is -2.50. The van der Waals surface area contributed by atoms with Crippen LogP contribution in [0.25, 0.3) is 0 Å². The van der Waals surface area contributed by atoms with Crippen molar-refractivity contribution in [1.29, 1.82) is 0 Å². The molecule has 1 fully saturated rings. The molecule has 13 heavy (non-hydrogen) atoms. The van der Waals surface area contributed by atoms with Crippen LogP contribution >= 0.6 is 0 Å². The number of aliphatic hydroxyl groups is 1. The summed E-state index contributed by atoms with van der Waals surface area (Å²) in [7, 11) is 0. The van der Waals surface area contributed by atoms with Gasteiger partial charge in [0.1, 0.15) is 6.79 Å². The highest BCUT2D eigenvalue weighted by Gasteiger charge is 2.49. The third kappa shape index (κ3) is 2.00. The van der Waals surface area contributed by atoms with Gasteiger partial charge in [0.15, 0.2) is 0 Å². The zero-order valence-electron chi connectivity index (χ0n) is 7.99. The molecule has 1 aliphatic carbocycles. The van der Waals surface area contributed by atoms with Crippen molar-refractivity contribution in [2.45, 2.75) is 32.8 Å². The summed E-state index contributed by atoms with van der Waals surface area (Å²) < 4.78 is 5.07. The van der Waals surface area contributed by atoms with Crippen LogP contribution in [0.5, 0.6) is 0 Å². The molecule has 0 radical (unpaired) electrons. The zero-order valence-corrected chi connectivity index (χ0v) is 7.99. The van der Waals surface area contributed by atoms with Crippen LogP contribution < -0.4 is 0 Å². The third-order valence-electron chi connectivity index (χ3n) is 3.08. The first-order valence-corrected chi connectivity index (χ1v) is 4.42. The van der Waals surface area contributed by atoms with Crippen molar-refractivity contribution in [3.8, 4) is 0 Å². The molecule has 0 aromatic carbocycles. The number of hydrogen-bond acceptors (Lipinski definition) is 3. The minimum absolute atomic E-state index is 0.00171. The molecule has 0 amide bonds. The summed E-state index contributed by atoms with van der Waals surface area (Å²) in [5.74, 6) is -0.595. The van der Waals surface area contributed by atoms with E-state index >= 15 is 0 Å². The van der Waals surface area contributed by atoms with Crippen LogP contribution in [0.15, 0.2) is 0 Å². The summed E-state index contributed by atoms with van der Waals surface area (Å²) >= 11 is 0. The van der Waals surface area contributed by atoms with Crippen molar-refractivity contribution in [3.63, 3.8) is 0 Å². The maximum absolute atomic E-state index is 10.5. The summed E-state index contributed by atoms with van der Waals surface area (Å²) in [6, 6.07) is 0. The van der Waals surface area contributed by atoms with Gasteiger partial charge in [0, 0.05) is 6.42 Å². The van der Waals surface area contributed by atoms with Crippen LogP contribution in [-0.2, 0) is 9.53 Å². The fourth-order valence-corrected chi connectivity index (χ4v) is 1.90. The SMILES string of the molecule is CC1(C)C(CC(=O)O)CC1OCO. The molecule has 1 aliphatic rings. The predicted octanol–water partition coefficient (Wildman–Crippen LogP) is 0.842. The van der Waals surface area contributed by atoms with Gasteiger partial charge in [-0.1, -0.05) is 13.8 Å². The first-order chi connectivity index (χ1) is 5.98. The first-order valence-electron chi connectivity index (χ1n) is 4.42. The molecule has 1 rings (SSSR count). The van der Waals surface area contributed by atoms with E-state index in [1.807, 2.05) is 13.8 Å². The third-order valence-corrected chi connectivity index (χ3v) is 3.08. The lowest BCUT2D eigenvalue weighted by molar-refractivity contribution is -0.182. The summed E-state index contributed by atoms with van der Waals surface area (Å²) in [5, 5.41) is 17.2. The fraction of sp³-hybridized carbons (Fsp3) is 0.889. The zero-order chi connectivity index (χ0) is 10.1. The Bertz CT molecular complexity index is 200. The van der Waals surface area contributed by atoms with E-state index < -0.39 is 5.97 Å². The number of hydrogen-bond donors (Lipinski definition) is 2. The van der Waals surface area contributed by atoms with Crippen LogP contribution in [0.3, 0.4) is 0 Å². The lowest BCUT2D eigenvalue weighted by atomic mass is 9.59. The highest BCUT2D eigenvalue weighted by molar-refractivity contribution is 5.67. The van der Waals surface area contributed by atoms with Gasteiger partial charge in [-0.2, -0.15) is 0 Å². The molecule has 2 N–H and O–H groups in total. The number of aliphatic carboxylic acids is 1. The Kier molecular flexibility index (Phi) is 2.93. The van der Waals surface area contributed by atoms with Gasteiger partial charge in [-0.25, -0.2) is 0 Å². The summed E-state index contributed by atoms with van der Waals surface area (Å²) in [6.07, 6.45) is 0.930. The topological polar surface area (TPSA) is 66.8 Å².